The molecule has 75 heavy (non-hydrogen) atoms. The Hall–Kier alpha value is -6.35. The summed E-state index contributed by atoms with van der Waals surface area (Å²) in [5, 5.41) is 30.1. The molecule has 6 heterocycles. The Balaban J connectivity index is 0.000000164. The van der Waals surface area contributed by atoms with Crippen molar-refractivity contribution in [1.29, 1.82) is 0 Å². The van der Waals surface area contributed by atoms with Gasteiger partial charge in [-0.3, -0.25) is 24.4 Å². The second-order valence-corrected chi connectivity index (χ2v) is 20.4. The van der Waals surface area contributed by atoms with Gasteiger partial charge in [0, 0.05) is 37.4 Å². The number of carbonyl (C=O) groups excluding carboxylic acids is 3. The summed E-state index contributed by atoms with van der Waals surface area (Å²) in [4.78, 5) is 49.2. The second kappa shape index (κ2) is 21.0. The highest BCUT2D eigenvalue weighted by Gasteiger charge is 2.43. The third-order valence-electron chi connectivity index (χ3n) is 13.3. The van der Waals surface area contributed by atoms with Crippen molar-refractivity contribution in [2.24, 2.45) is 0 Å². The average Bonchev–Trinajstić information content (AvgIpc) is 3.80. The van der Waals surface area contributed by atoms with Crippen molar-refractivity contribution in [3.8, 4) is 0 Å². The van der Waals surface area contributed by atoms with Crippen molar-refractivity contribution in [3.63, 3.8) is 0 Å². The normalized spacial score (nSPS) is 15.8. The minimum Gasteiger partial charge on any atom is -0.423 e. The molecule has 6 aromatic rings. The number of ketones is 3. The predicted octanol–water partition coefficient (Wildman–Crippen LogP) is 7.65. The number of carbonyl (C=O) groups is 3. The summed E-state index contributed by atoms with van der Waals surface area (Å²) in [5.74, 6) is -1.28. The number of alkyl halides is 6. The quantitative estimate of drug-likeness (QED) is 0.0734. The van der Waals surface area contributed by atoms with Crippen LogP contribution in [0.4, 0.5) is 26.3 Å². The minimum atomic E-state index is -4.66. The summed E-state index contributed by atoms with van der Waals surface area (Å²) in [6, 6.07) is 21.2. The zero-order valence-corrected chi connectivity index (χ0v) is 42.9. The van der Waals surface area contributed by atoms with Crippen molar-refractivity contribution in [1.82, 2.24) is 15.0 Å². The number of aromatic nitrogens is 3. The number of pyridine rings is 3. The van der Waals surface area contributed by atoms with E-state index in [1.54, 1.807) is 56.3 Å². The Morgan fingerprint density at radius 3 is 1.33 bits per heavy atom. The van der Waals surface area contributed by atoms with E-state index in [-0.39, 0.29) is 36.3 Å². The lowest BCUT2D eigenvalue weighted by atomic mass is 9.77. The Kier molecular flexibility index (Phi) is 15.8. The molecule has 0 fully saturated rings. The fourth-order valence-corrected chi connectivity index (χ4v) is 9.24. The standard InChI is InChI=1S/2C18H17BF3NO3.C18H20BNO3/c1-10-9-23-15(8-13(10)18(20,21)22)16(24)7-11-4-5-12-14(6-11)19(25)26-17(12,2)3;1-10-6-13(18(20,21)22)16(23-9-10)15(24)8-11-4-5-12-14(7-11)19(25)26-17(12,2)3;1-11-5-8-16(20-12(11)2)17(21)10-13-6-7-14-15(9-13)19(22)23-18(14,3)4/h4-6,8-9,25H,7H2,1-3H3;4-7,9,25H,8H2,1-3H3;5-9,22H,10H2,1-4H3. The summed E-state index contributed by atoms with van der Waals surface area (Å²) >= 11 is 0. The molecule has 390 valence electrons. The third kappa shape index (κ3) is 12.5. The maximum atomic E-state index is 13.2. The van der Waals surface area contributed by atoms with E-state index in [1.165, 1.54) is 20.0 Å². The van der Waals surface area contributed by atoms with Gasteiger partial charge in [-0.2, -0.15) is 26.3 Å². The number of hydrogen-bond acceptors (Lipinski definition) is 12. The molecular weight excluding hydrogens is 981 g/mol. The molecule has 3 aliphatic rings. The van der Waals surface area contributed by atoms with E-state index in [2.05, 4.69) is 15.0 Å². The topological polar surface area (TPSA) is 178 Å². The number of aryl methyl sites for hydroxylation is 4. The van der Waals surface area contributed by atoms with Crippen molar-refractivity contribution in [2.75, 3.05) is 0 Å². The summed E-state index contributed by atoms with van der Waals surface area (Å²) in [6.45, 7) is 17.8. The van der Waals surface area contributed by atoms with Crippen LogP contribution in [0.5, 0.6) is 0 Å². The summed E-state index contributed by atoms with van der Waals surface area (Å²) < 4.78 is 95.1. The van der Waals surface area contributed by atoms with E-state index in [0.29, 0.717) is 33.3 Å². The van der Waals surface area contributed by atoms with Crippen LogP contribution in [0.3, 0.4) is 0 Å². The SMILES string of the molecule is Cc1ccc(C(=O)Cc2ccc3c(c2)B(O)OC3(C)C)nc1C.Cc1cnc(C(=O)Cc2ccc3c(c2)B(O)OC3(C)C)c(C(F)(F)F)c1.Cc1cnc(C(=O)Cc2ccc3c(c2)B(O)OC3(C)C)cc1C(F)(F)F. The summed E-state index contributed by atoms with van der Waals surface area (Å²) in [5.41, 5.74) is 4.47. The molecular formula is C54H54B3F6N3O9. The molecule has 3 aromatic heterocycles. The van der Waals surface area contributed by atoms with Gasteiger partial charge in [0.2, 0.25) is 0 Å². The van der Waals surface area contributed by atoms with Crippen molar-refractivity contribution in [2.45, 2.75) is 118 Å². The molecule has 0 unspecified atom stereocenters. The fraction of sp³-hybridized carbons (Fsp3) is 0.333. The van der Waals surface area contributed by atoms with Crippen LogP contribution in [-0.4, -0.2) is 68.7 Å². The van der Waals surface area contributed by atoms with E-state index in [9.17, 15) is 55.8 Å². The lowest BCUT2D eigenvalue weighted by Gasteiger charge is -2.19. The maximum absolute atomic E-state index is 13.2. The van der Waals surface area contributed by atoms with Crippen LogP contribution in [0.1, 0.15) is 140 Å². The summed E-state index contributed by atoms with van der Waals surface area (Å²) in [6.07, 6.45) is -7.01. The Morgan fingerprint density at radius 1 is 0.507 bits per heavy atom. The monoisotopic (exact) mass is 1040 g/mol. The van der Waals surface area contributed by atoms with Crippen LogP contribution in [-0.2, 0) is 62.4 Å². The van der Waals surface area contributed by atoms with Gasteiger partial charge in [-0.05, 0) is 154 Å². The van der Waals surface area contributed by atoms with Gasteiger partial charge in [-0.15, -0.1) is 0 Å². The van der Waals surface area contributed by atoms with Gasteiger partial charge in [0.15, 0.2) is 17.3 Å². The van der Waals surface area contributed by atoms with Crippen LogP contribution in [0.25, 0.3) is 0 Å². The molecule has 0 saturated carbocycles. The molecule has 9 rings (SSSR count). The van der Waals surface area contributed by atoms with E-state index in [1.807, 2.05) is 65.8 Å². The molecule has 0 atom stereocenters. The van der Waals surface area contributed by atoms with Gasteiger partial charge in [0.1, 0.15) is 17.1 Å². The second-order valence-electron chi connectivity index (χ2n) is 20.4. The van der Waals surface area contributed by atoms with Crippen molar-refractivity contribution >= 4 is 55.1 Å². The predicted molar refractivity (Wildman–Crippen MR) is 270 cm³/mol. The molecule has 3 aliphatic heterocycles. The molecule has 3 N–H and O–H groups in total. The summed E-state index contributed by atoms with van der Waals surface area (Å²) in [7, 11) is -3.16. The highest BCUT2D eigenvalue weighted by Crippen LogP contribution is 2.36. The van der Waals surface area contributed by atoms with Crippen LogP contribution in [0.2, 0.25) is 0 Å². The van der Waals surface area contributed by atoms with E-state index >= 15 is 0 Å². The first-order chi connectivity index (χ1) is 34.7. The molecule has 0 bridgehead atoms. The molecule has 0 saturated heterocycles. The third-order valence-corrected chi connectivity index (χ3v) is 13.3. The highest BCUT2D eigenvalue weighted by molar-refractivity contribution is 6.62. The van der Waals surface area contributed by atoms with Gasteiger partial charge in [0.25, 0.3) is 0 Å². The first kappa shape index (κ1) is 56.4. The fourth-order valence-electron chi connectivity index (χ4n) is 9.24. The van der Waals surface area contributed by atoms with E-state index in [0.717, 1.165) is 57.3 Å². The van der Waals surface area contributed by atoms with Gasteiger partial charge < -0.3 is 29.0 Å². The first-order valence-corrected chi connectivity index (χ1v) is 23.8. The average molecular weight is 1040 g/mol. The smallest absolute Gasteiger partial charge is 0.423 e. The number of fused-ring (bicyclic) bond motifs is 3. The molecule has 0 radical (unpaired) electrons. The Morgan fingerprint density at radius 2 is 0.920 bits per heavy atom. The zero-order chi connectivity index (χ0) is 55.3. The van der Waals surface area contributed by atoms with Crippen LogP contribution in [0, 0.1) is 27.7 Å². The van der Waals surface area contributed by atoms with Gasteiger partial charge in [0.05, 0.1) is 27.9 Å². The number of Topliss-reactive ketones (excluding diaryl/α,β-unsaturated/α-hetero) is 3. The van der Waals surface area contributed by atoms with Crippen molar-refractivity contribution in [3.05, 3.63) is 175 Å². The molecule has 3 aromatic carbocycles. The molecule has 0 aliphatic carbocycles. The largest absolute Gasteiger partial charge is 0.492 e. The number of rotatable bonds is 9. The number of benzene rings is 3. The molecule has 21 heteroatoms. The van der Waals surface area contributed by atoms with E-state index < -0.39 is 78.9 Å². The van der Waals surface area contributed by atoms with Crippen LogP contribution >= 0.6 is 0 Å². The lowest BCUT2D eigenvalue weighted by Crippen LogP contribution is -2.29. The maximum Gasteiger partial charge on any atom is 0.492 e. The molecule has 0 spiro atoms. The lowest BCUT2D eigenvalue weighted by molar-refractivity contribution is -0.139. The molecule has 12 nitrogen and oxygen atoms in total. The Bertz CT molecular complexity index is 3220. The zero-order valence-electron chi connectivity index (χ0n) is 42.9. The van der Waals surface area contributed by atoms with Gasteiger partial charge >= 0.3 is 33.7 Å². The van der Waals surface area contributed by atoms with Crippen molar-refractivity contribution < 1.29 is 69.8 Å². The number of nitrogens with zero attached hydrogens (tertiary/aromatic N) is 3. The van der Waals surface area contributed by atoms with Crippen LogP contribution < -0.4 is 16.4 Å². The van der Waals surface area contributed by atoms with Crippen LogP contribution in [0.15, 0.2) is 91.3 Å². The number of hydrogen-bond donors (Lipinski definition) is 3. The highest BCUT2D eigenvalue weighted by atomic mass is 19.4. The first-order valence-electron chi connectivity index (χ1n) is 23.8. The van der Waals surface area contributed by atoms with Gasteiger partial charge in [-0.1, -0.05) is 60.7 Å². The Labute approximate surface area is 431 Å². The number of halogens is 6. The van der Waals surface area contributed by atoms with Gasteiger partial charge in [-0.25, -0.2) is 4.98 Å². The minimum absolute atomic E-state index is 0.0271. The van der Waals surface area contributed by atoms with E-state index in [4.69, 9.17) is 14.0 Å². The molecule has 0 amide bonds.